The number of pyridine rings is 1. The number of thiocarbonyl (C=S) groups is 1. The van der Waals surface area contributed by atoms with Gasteiger partial charge in [-0.2, -0.15) is 11.8 Å². The van der Waals surface area contributed by atoms with Gasteiger partial charge in [-0.1, -0.05) is 12.2 Å². The predicted octanol–water partition coefficient (Wildman–Crippen LogP) is 2.54. The van der Waals surface area contributed by atoms with Crippen LogP contribution in [0.4, 0.5) is 5.82 Å². The van der Waals surface area contributed by atoms with Gasteiger partial charge in [0.15, 0.2) is 0 Å². The first kappa shape index (κ1) is 14.1. The number of aromatic nitrogens is 1. The van der Waals surface area contributed by atoms with Crippen molar-refractivity contribution >= 4 is 34.8 Å². The van der Waals surface area contributed by atoms with Gasteiger partial charge in [-0.15, -0.1) is 0 Å². The van der Waals surface area contributed by atoms with Crippen molar-refractivity contribution in [3.8, 4) is 0 Å². The van der Waals surface area contributed by atoms with E-state index >= 15 is 0 Å². The maximum Gasteiger partial charge on any atom is 0.139 e. The Hall–Kier alpha value is -0.810. The van der Waals surface area contributed by atoms with Crippen molar-refractivity contribution in [2.75, 3.05) is 29.5 Å². The highest BCUT2D eigenvalue weighted by Gasteiger charge is 2.21. The van der Waals surface area contributed by atoms with Crippen molar-refractivity contribution in [3.05, 3.63) is 22.9 Å². The first-order valence-electron chi connectivity index (χ1n) is 7.41. The Morgan fingerprint density at radius 2 is 2.05 bits per heavy atom. The van der Waals surface area contributed by atoms with Gasteiger partial charge in [0, 0.05) is 24.5 Å². The highest BCUT2D eigenvalue weighted by atomic mass is 32.2. The van der Waals surface area contributed by atoms with E-state index in [1.807, 2.05) is 11.8 Å². The van der Waals surface area contributed by atoms with Gasteiger partial charge in [-0.25, -0.2) is 4.98 Å². The minimum atomic E-state index is 0.484. The third-order valence-corrected chi connectivity index (χ3v) is 5.34. The quantitative estimate of drug-likeness (QED) is 0.851. The van der Waals surface area contributed by atoms with E-state index in [-0.39, 0.29) is 0 Å². The second kappa shape index (κ2) is 6.31. The first-order valence-corrected chi connectivity index (χ1v) is 8.97. The number of thioether (sulfide) groups is 1. The summed E-state index contributed by atoms with van der Waals surface area (Å²) >= 11 is 7.29. The topological polar surface area (TPSA) is 42.1 Å². The summed E-state index contributed by atoms with van der Waals surface area (Å²) in [4.78, 5) is 7.81. The molecule has 3 nitrogen and oxygen atoms in total. The van der Waals surface area contributed by atoms with Crippen LogP contribution in [0, 0.1) is 0 Å². The molecule has 2 aliphatic rings. The lowest BCUT2D eigenvalue weighted by Crippen LogP contribution is -2.30. The van der Waals surface area contributed by atoms with Crippen LogP contribution in [0.3, 0.4) is 0 Å². The number of anilines is 1. The fourth-order valence-electron chi connectivity index (χ4n) is 3.00. The maximum absolute atomic E-state index is 5.95. The van der Waals surface area contributed by atoms with Gasteiger partial charge in [-0.3, -0.25) is 0 Å². The molecule has 1 fully saturated rings. The molecule has 20 heavy (non-hydrogen) atoms. The number of nitrogens with zero attached hydrogens (tertiary/aromatic N) is 2. The van der Waals surface area contributed by atoms with Crippen molar-refractivity contribution in [2.24, 2.45) is 5.73 Å². The molecular weight excluding hydrogens is 286 g/mol. The molecule has 1 saturated heterocycles. The van der Waals surface area contributed by atoms with Gasteiger partial charge in [0.2, 0.25) is 0 Å². The van der Waals surface area contributed by atoms with Crippen molar-refractivity contribution in [1.82, 2.24) is 4.98 Å². The fraction of sp³-hybridized carbons (Fsp3) is 0.600. The smallest absolute Gasteiger partial charge is 0.139 e. The van der Waals surface area contributed by atoms with E-state index < -0.39 is 0 Å². The number of aryl methyl sites for hydroxylation is 2. The number of rotatable bonds is 2. The average Bonchev–Trinajstić information content (AvgIpc) is 2.74. The summed E-state index contributed by atoms with van der Waals surface area (Å²) in [5.41, 5.74) is 9.55. The molecular formula is C15H21N3S2. The second-order valence-corrected chi connectivity index (χ2v) is 7.15. The minimum absolute atomic E-state index is 0.484. The molecule has 1 aromatic heterocycles. The normalized spacial score (nSPS) is 19.3. The number of hydrogen-bond acceptors (Lipinski definition) is 4. The van der Waals surface area contributed by atoms with Crippen LogP contribution in [0.15, 0.2) is 6.07 Å². The Bertz CT molecular complexity index is 508. The molecule has 0 radical (unpaired) electrons. The van der Waals surface area contributed by atoms with Crippen LogP contribution in [-0.4, -0.2) is 34.6 Å². The van der Waals surface area contributed by atoms with Crippen molar-refractivity contribution in [3.63, 3.8) is 0 Å². The van der Waals surface area contributed by atoms with Crippen LogP contribution in [0.25, 0.3) is 0 Å². The van der Waals surface area contributed by atoms with E-state index in [0.717, 1.165) is 43.1 Å². The largest absolute Gasteiger partial charge is 0.389 e. The third kappa shape index (κ3) is 2.93. The molecule has 1 aliphatic heterocycles. The molecule has 0 unspecified atom stereocenters. The van der Waals surface area contributed by atoms with Crippen molar-refractivity contribution in [2.45, 2.75) is 32.1 Å². The van der Waals surface area contributed by atoms with E-state index in [1.165, 1.54) is 36.3 Å². The first-order chi connectivity index (χ1) is 9.75. The van der Waals surface area contributed by atoms with E-state index in [4.69, 9.17) is 22.9 Å². The summed E-state index contributed by atoms with van der Waals surface area (Å²) in [6.45, 7) is 2.11. The Kier molecular flexibility index (Phi) is 4.46. The molecule has 0 spiro atoms. The van der Waals surface area contributed by atoms with Gasteiger partial charge in [0.25, 0.3) is 0 Å². The zero-order valence-corrected chi connectivity index (χ0v) is 13.4. The van der Waals surface area contributed by atoms with E-state index in [9.17, 15) is 0 Å². The van der Waals surface area contributed by atoms with Crippen LogP contribution in [0.2, 0.25) is 0 Å². The van der Waals surface area contributed by atoms with Gasteiger partial charge in [0.1, 0.15) is 10.8 Å². The Morgan fingerprint density at radius 3 is 2.90 bits per heavy atom. The molecule has 1 aromatic rings. The Morgan fingerprint density at radius 1 is 1.20 bits per heavy atom. The lowest BCUT2D eigenvalue weighted by Gasteiger charge is -2.26. The van der Waals surface area contributed by atoms with E-state index in [2.05, 4.69) is 11.0 Å². The van der Waals surface area contributed by atoms with Crippen molar-refractivity contribution < 1.29 is 0 Å². The summed E-state index contributed by atoms with van der Waals surface area (Å²) in [7, 11) is 0. The second-order valence-electron chi connectivity index (χ2n) is 5.49. The molecule has 0 bridgehead atoms. The van der Waals surface area contributed by atoms with Crippen LogP contribution < -0.4 is 10.6 Å². The third-order valence-electron chi connectivity index (χ3n) is 4.07. The SMILES string of the molecule is NC(=S)c1cc2c(nc1N1CCCSCC1)CCCC2. The number of fused-ring (bicyclic) bond motifs is 1. The van der Waals surface area contributed by atoms with Crippen LogP contribution in [-0.2, 0) is 12.8 Å². The monoisotopic (exact) mass is 307 g/mol. The highest BCUT2D eigenvalue weighted by Crippen LogP contribution is 2.28. The standard InChI is InChI=1S/C15H21N3S2/c16-14(19)12-10-11-4-1-2-5-13(11)17-15(12)18-6-3-8-20-9-7-18/h10H,1-9H2,(H2,16,19). The van der Waals surface area contributed by atoms with Crippen LogP contribution >= 0.6 is 24.0 Å². The lowest BCUT2D eigenvalue weighted by molar-refractivity contribution is 0.664. The minimum Gasteiger partial charge on any atom is -0.389 e. The molecule has 2 heterocycles. The van der Waals surface area contributed by atoms with E-state index in [0.29, 0.717) is 4.99 Å². The molecule has 1 aliphatic carbocycles. The molecule has 0 aromatic carbocycles. The van der Waals surface area contributed by atoms with E-state index in [1.54, 1.807) is 0 Å². The molecule has 0 saturated carbocycles. The van der Waals surface area contributed by atoms with Gasteiger partial charge >= 0.3 is 0 Å². The molecule has 2 N–H and O–H groups in total. The summed E-state index contributed by atoms with van der Waals surface area (Å²) in [6.07, 6.45) is 5.93. The molecule has 5 heteroatoms. The van der Waals surface area contributed by atoms with Gasteiger partial charge < -0.3 is 10.6 Å². The maximum atomic E-state index is 5.95. The van der Waals surface area contributed by atoms with Gasteiger partial charge in [0.05, 0.1) is 5.56 Å². The zero-order valence-electron chi connectivity index (χ0n) is 11.7. The molecule has 0 atom stereocenters. The predicted molar refractivity (Wildman–Crippen MR) is 90.9 cm³/mol. The summed E-state index contributed by atoms with van der Waals surface area (Å²) in [5.74, 6) is 3.43. The number of nitrogens with two attached hydrogens (primary N) is 1. The molecule has 3 rings (SSSR count). The average molecular weight is 307 g/mol. The van der Waals surface area contributed by atoms with Crippen LogP contribution in [0.5, 0.6) is 0 Å². The Balaban J connectivity index is 2.00. The summed E-state index contributed by atoms with van der Waals surface area (Å²) in [6, 6.07) is 2.21. The summed E-state index contributed by atoms with van der Waals surface area (Å²) < 4.78 is 0. The van der Waals surface area contributed by atoms with Gasteiger partial charge in [-0.05, 0) is 49.5 Å². The summed E-state index contributed by atoms with van der Waals surface area (Å²) in [5, 5.41) is 0. The highest BCUT2D eigenvalue weighted by molar-refractivity contribution is 7.99. The zero-order chi connectivity index (χ0) is 13.9. The van der Waals surface area contributed by atoms with Crippen molar-refractivity contribution in [1.29, 1.82) is 0 Å². The fourth-order valence-corrected chi connectivity index (χ4v) is 4.04. The Labute approximate surface area is 130 Å². The lowest BCUT2D eigenvalue weighted by atomic mass is 9.94. The van der Waals surface area contributed by atoms with Crippen LogP contribution in [0.1, 0.15) is 36.1 Å². The molecule has 0 amide bonds. The molecule has 108 valence electrons. The number of hydrogen-bond donors (Lipinski definition) is 1.